The average molecular weight is 283 g/mol. The van der Waals surface area contributed by atoms with Crippen LogP contribution in [0.5, 0.6) is 11.5 Å². The Morgan fingerprint density at radius 3 is 2.11 bits per heavy atom. The van der Waals surface area contributed by atoms with E-state index in [-0.39, 0.29) is 0 Å². The van der Waals surface area contributed by atoms with E-state index in [1.54, 1.807) is 12.1 Å². The van der Waals surface area contributed by atoms with Gasteiger partial charge in [0.2, 0.25) is 0 Å². The smallest absolute Gasteiger partial charge is 0.161 e. The predicted octanol–water partition coefficient (Wildman–Crippen LogP) is 1.13. The van der Waals surface area contributed by atoms with Gasteiger partial charge in [0.15, 0.2) is 11.5 Å². The van der Waals surface area contributed by atoms with E-state index in [4.69, 9.17) is 36.9 Å². The molecule has 0 bridgehead atoms. The molecule has 0 atom stereocenters. The molecule has 0 saturated carbocycles. The van der Waals surface area contributed by atoms with Gasteiger partial charge in [0.25, 0.3) is 0 Å². The molecule has 0 fully saturated rings. The Kier molecular flexibility index (Phi) is 5.38. The molecule has 0 radical (unpaired) electrons. The minimum Gasteiger partial charge on any atom is -0.487 e. The molecule has 0 saturated heterocycles. The van der Waals surface area contributed by atoms with E-state index >= 15 is 0 Å². The first-order valence-electron chi connectivity index (χ1n) is 6.12. The second-order valence-electron chi connectivity index (χ2n) is 3.95. The highest BCUT2D eigenvalue weighted by Gasteiger charge is 2.09. The summed E-state index contributed by atoms with van der Waals surface area (Å²) < 4.78 is 22.0. The fourth-order valence-electron chi connectivity index (χ4n) is 1.64. The number of fused-ring (bicyclic) bond motifs is 1. The van der Waals surface area contributed by atoms with Gasteiger partial charge in [-0.1, -0.05) is 12.2 Å². The van der Waals surface area contributed by atoms with Gasteiger partial charge in [0, 0.05) is 5.56 Å². The van der Waals surface area contributed by atoms with Crippen molar-refractivity contribution in [2.24, 2.45) is 5.73 Å². The van der Waals surface area contributed by atoms with E-state index in [0.717, 1.165) is 5.56 Å². The Morgan fingerprint density at radius 1 is 0.895 bits per heavy atom. The quantitative estimate of drug-likeness (QED) is 0.779. The van der Waals surface area contributed by atoms with Crippen LogP contribution in [0, 0.1) is 0 Å². The molecule has 0 amide bonds. The van der Waals surface area contributed by atoms with E-state index in [0.29, 0.717) is 56.1 Å². The summed E-state index contributed by atoms with van der Waals surface area (Å²) in [6.07, 6.45) is 0. The van der Waals surface area contributed by atoms with Crippen LogP contribution in [-0.4, -0.2) is 44.6 Å². The number of thiocarbonyl (C=S) groups is 1. The van der Waals surface area contributed by atoms with Gasteiger partial charge in [0.05, 0.1) is 26.4 Å². The molecule has 1 aromatic rings. The molecule has 1 aliphatic rings. The molecule has 6 heteroatoms. The molecule has 2 rings (SSSR count). The lowest BCUT2D eigenvalue weighted by Gasteiger charge is -2.15. The maximum Gasteiger partial charge on any atom is 0.161 e. The fourth-order valence-corrected chi connectivity index (χ4v) is 1.76. The summed E-state index contributed by atoms with van der Waals surface area (Å²) >= 11 is 4.95. The third-order valence-electron chi connectivity index (χ3n) is 2.57. The Labute approximate surface area is 117 Å². The fraction of sp³-hybridized carbons (Fsp3) is 0.462. The van der Waals surface area contributed by atoms with Crippen LogP contribution in [0.1, 0.15) is 5.56 Å². The molecule has 1 aromatic carbocycles. The highest BCUT2D eigenvalue weighted by molar-refractivity contribution is 7.80. The average Bonchev–Trinajstić information content (AvgIpc) is 2.39. The predicted molar refractivity (Wildman–Crippen MR) is 75.0 cm³/mol. The molecule has 2 N–H and O–H groups in total. The molecule has 0 spiro atoms. The highest BCUT2D eigenvalue weighted by atomic mass is 32.1. The van der Waals surface area contributed by atoms with E-state index in [1.165, 1.54) is 0 Å². The maximum atomic E-state index is 5.65. The molecule has 104 valence electrons. The van der Waals surface area contributed by atoms with Crippen LogP contribution >= 0.6 is 12.2 Å². The molecule has 0 aliphatic carbocycles. The molecular formula is C13H17NO4S. The lowest BCUT2D eigenvalue weighted by Crippen LogP contribution is -2.16. The van der Waals surface area contributed by atoms with E-state index < -0.39 is 0 Å². The minimum atomic E-state index is 0.331. The van der Waals surface area contributed by atoms with Crippen LogP contribution in [0.3, 0.4) is 0 Å². The second kappa shape index (κ2) is 7.28. The summed E-state index contributed by atoms with van der Waals surface area (Å²) in [6, 6.07) is 5.40. The van der Waals surface area contributed by atoms with Crippen molar-refractivity contribution >= 4 is 17.2 Å². The van der Waals surface area contributed by atoms with Gasteiger partial charge in [0.1, 0.15) is 18.2 Å². The number of hydrogen-bond donors (Lipinski definition) is 1. The zero-order valence-electron chi connectivity index (χ0n) is 10.6. The summed E-state index contributed by atoms with van der Waals surface area (Å²) in [5.74, 6) is 1.28. The molecule has 1 aliphatic heterocycles. The second-order valence-corrected chi connectivity index (χ2v) is 4.39. The van der Waals surface area contributed by atoms with Crippen molar-refractivity contribution in [3.63, 3.8) is 0 Å². The number of benzene rings is 1. The summed E-state index contributed by atoms with van der Waals surface area (Å²) in [5.41, 5.74) is 6.36. The van der Waals surface area contributed by atoms with Crippen LogP contribution in [0.2, 0.25) is 0 Å². The maximum absolute atomic E-state index is 5.65. The van der Waals surface area contributed by atoms with Gasteiger partial charge in [-0.05, 0) is 18.2 Å². The standard InChI is InChI=1S/C13H17NO4S/c14-13(19)10-1-2-11-12(9-10)18-8-6-16-4-3-15-5-7-17-11/h1-2,9H,3-8H2,(H2,14,19). The summed E-state index contributed by atoms with van der Waals surface area (Å²) in [7, 11) is 0. The first-order valence-corrected chi connectivity index (χ1v) is 6.53. The van der Waals surface area contributed by atoms with E-state index in [2.05, 4.69) is 0 Å². The van der Waals surface area contributed by atoms with Gasteiger partial charge < -0.3 is 24.7 Å². The monoisotopic (exact) mass is 283 g/mol. The van der Waals surface area contributed by atoms with Crippen LogP contribution in [-0.2, 0) is 9.47 Å². The molecule has 0 aromatic heterocycles. The topological polar surface area (TPSA) is 62.9 Å². The van der Waals surface area contributed by atoms with Gasteiger partial charge in [-0.25, -0.2) is 0 Å². The largest absolute Gasteiger partial charge is 0.487 e. The molecular weight excluding hydrogens is 266 g/mol. The van der Waals surface area contributed by atoms with Crippen LogP contribution < -0.4 is 15.2 Å². The number of hydrogen-bond acceptors (Lipinski definition) is 5. The lowest BCUT2D eigenvalue weighted by molar-refractivity contribution is 0.0223. The lowest BCUT2D eigenvalue weighted by atomic mass is 10.2. The van der Waals surface area contributed by atoms with Gasteiger partial charge in [-0.3, -0.25) is 0 Å². The number of rotatable bonds is 1. The summed E-state index contributed by atoms with van der Waals surface area (Å²) in [6.45, 7) is 3.04. The number of ether oxygens (including phenoxy) is 4. The van der Waals surface area contributed by atoms with Crippen LogP contribution in [0.4, 0.5) is 0 Å². The van der Waals surface area contributed by atoms with Gasteiger partial charge in [-0.15, -0.1) is 0 Å². The van der Waals surface area contributed by atoms with Crippen molar-refractivity contribution < 1.29 is 18.9 Å². The third kappa shape index (κ3) is 4.34. The number of nitrogens with two attached hydrogens (primary N) is 1. The van der Waals surface area contributed by atoms with E-state index in [1.807, 2.05) is 6.07 Å². The summed E-state index contributed by atoms with van der Waals surface area (Å²) in [5, 5.41) is 0. The molecule has 0 unspecified atom stereocenters. The highest BCUT2D eigenvalue weighted by Crippen LogP contribution is 2.28. The first-order chi connectivity index (χ1) is 9.27. The van der Waals surface area contributed by atoms with Crippen LogP contribution in [0.25, 0.3) is 0 Å². The van der Waals surface area contributed by atoms with Gasteiger partial charge >= 0.3 is 0 Å². The van der Waals surface area contributed by atoms with Crippen molar-refractivity contribution in [1.82, 2.24) is 0 Å². The van der Waals surface area contributed by atoms with Crippen molar-refractivity contribution in [1.29, 1.82) is 0 Å². The van der Waals surface area contributed by atoms with Crippen molar-refractivity contribution in [3.8, 4) is 11.5 Å². The zero-order valence-corrected chi connectivity index (χ0v) is 11.4. The Balaban J connectivity index is 2.13. The zero-order chi connectivity index (χ0) is 13.5. The van der Waals surface area contributed by atoms with Crippen LogP contribution in [0.15, 0.2) is 18.2 Å². The van der Waals surface area contributed by atoms with Gasteiger partial charge in [-0.2, -0.15) is 0 Å². The molecule has 1 heterocycles. The third-order valence-corrected chi connectivity index (χ3v) is 2.81. The van der Waals surface area contributed by atoms with Crippen molar-refractivity contribution in [2.45, 2.75) is 0 Å². The summed E-state index contributed by atoms with van der Waals surface area (Å²) in [4.78, 5) is 0.331. The molecule has 19 heavy (non-hydrogen) atoms. The van der Waals surface area contributed by atoms with E-state index in [9.17, 15) is 0 Å². The first kappa shape index (κ1) is 14.0. The Hall–Kier alpha value is -1.37. The SMILES string of the molecule is NC(=S)c1ccc2c(c1)OCCOCCOCCO2. The molecule has 5 nitrogen and oxygen atoms in total. The van der Waals surface area contributed by atoms with Crippen molar-refractivity contribution in [2.75, 3.05) is 39.6 Å². The normalized spacial score (nSPS) is 17.1. The minimum absolute atomic E-state index is 0.331. The Bertz CT molecular complexity index is 439. The van der Waals surface area contributed by atoms with Crippen molar-refractivity contribution in [3.05, 3.63) is 23.8 Å². The Morgan fingerprint density at radius 2 is 1.47 bits per heavy atom.